The minimum absolute atomic E-state index is 0.432. The number of allylic oxidation sites excluding steroid dienone is 4. The molecule has 0 heterocycles. The zero-order valence-electron chi connectivity index (χ0n) is 6.79. The fraction of sp³-hybridized carbons (Fsp3) is 0.444. The second-order valence-electron chi connectivity index (χ2n) is 2.46. The van der Waals surface area contributed by atoms with Crippen molar-refractivity contribution in [1.82, 2.24) is 0 Å². The van der Waals surface area contributed by atoms with Crippen LogP contribution in [0.15, 0.2) is 23.8 Å². The van der Waals surface area contributed by atoms with E-state index in [9.17, 15) is 4.79 Å². The first-order chi connectivity index (χ1) is 4.72. The van der Waals surface area contributed by atoms with Crippen molar-refractivity contribution in [3.63, 3.8) is 0 Å². The fourth-order valence-electron chi connectivity index (χ4n) is 0.711. The van der Waals surface area contributed by atoms with Gasteiger partial charge >= 0.3 is 0 Å². The Balaban J connectivity index is 4.25. The molecule has 0 fully saturated rings. The van der Waals surface area contributed by atoms with Gasteiger partial charge in [-0.1, -0.05) is 26.0 Å². The van der Waals surface area contributed by atoms with E-state index in [1.54, 1.807) is 6.08 Å². The minimum atomic E-state index is 0.432. The van der Waals surface area contributed by atoms with E-state index in [4.69, 9.17) is 0 Å². The predicted molar refractivity (Wildman–Crippen MR) is 43.8 cm³/mol. The molecule has 10 heavy (non-hydrogen) atoms. The molecule has 0 unspecified atom stereocenters. The molecule has 0 aromatic rings. The van der Waals surface area contributed by atoms with Crippen LogP contribution in [0.2, 0.25) is 0 Å². The summed E-state index contributed by atoms with van der Waals surface area (Å²) in [5.74, 6) is 0.432. The summed E-state index contributed by atoms with van der Waals surface area (Å²) in [5.41, 5.74) is 1.08. The number of carbonyl (C=O) groups excluding carboxylic acids is 1. The first-order valence-corrected chi connectivity index (χ1v) is 3.50. The van der Waals surface area contributed by atoms with E-state index in [1.165, 1.54) is 0 Å². The molecule has 0 spiro atoms. The standard InChI is InChI=1S/C9H14O/c1-4-5-9(6-7-10)8(2)3/h4-8H,1-3H3/b5-4?,9-6+. The third-order valence-electron chi connectivity index (χ3n) is 1.29. The number of hydrogen-bond acceptors (Lipinski definition) is 1. The molecule has 0 aromatic heterocycles. The van der Waals surface area contributed by atoms with Crippen molar-refractivity contribution in [2.75, 3.05) is 0 Å². The van der Waals surface area contributed by atoms with Gasteiger partial charge in [0.05, 0.1) is 0 Å². The van der Waals surface area contributed by atoms with Crippen molar-refractivity contribution in [2.24, 2.45) is 5.92 Å². The van der Waals surface area contributed by atoms with Gasteiger partial charge in [0.1, 0.15) is 6.29 Å². The molecule has 0 saturated carbocycles. The Morgan fingerprint density at radius 2 is 2.00 bits per heavy atom. The van der Waals surface area contributed by atoms with Gasteiger partial charge in [0.25, 0.3) is 0 Å². The van der Waals surface area contributed by atoms with Crippen molar-refractivity contribution >= 4 is 6.29 Å². The summed E-state index contributed by atoms with van der Waals surface area (Å²) in [4.78, 5) is 10.1. The highest BCUT2D eigenvalue weighted by atomic mass is 16.1. The molecule has 0 N–H and O–H groups in total. The monoisotopic (exact) mass is 138 g/mol. The highest BCUT2D eigenvalue weighted by molar-refractivity contribution is 5.67. The van der Waals surface area contributed by atoms with E-state index < -0.39 is 0 Å². The first-order valence-electron chi connectivity index (χ1n) is 3.50. The molecule has 0 aliphatic carbocycles. The SMILES string of the molecule is CC=C/C(=C\C=O)C(C)C. The highest BCUT2D eigenvalue weighted by Crippen LogP contribution is 2.09. The van der Waals surface area contributed by atoms with Crippen LogP contribution in [0.1, 0.15) is 20.8 Å². The molecule has 0 rings (SSSR count). The van der Waals surface area contributed by atoms with Crippen molar-refractivity contribution in [2.45, 2.75) is 20.8 Å². The number of rotatable bonds is 3. The lowest BCUT2D eigenvalue weighted by molar-refractivity contribution is -0.104. The molecule has 0 aliphatic rings. The maximum atomic E-state index is 10.1. The Kier molecular flexibility index (Phi) is 4.55. The van der Waals surface area contributed by atoms with E-state index in [0.29, 0.717) is 5.92 Å². The normalized spacial score (nSPS) is 13.0. The van der Waals surface area contributed by atoms with Crippen LogP contribution in [-0.4, -0.2) is 6.29 Å². The van der Waals surface area contributed by atoms with Gasteiger partial charge in [-0.05, 0) is 24.5 Å². The average Bonchev–Trinajstić information content (AvgIpc) is 1.87. The quantitative estimate of drug-likeness (QED) is 0.332. The molecule has 0 aromatic carbocycles. The van der Waals surface area contributed by atoms with Gasteiger partial charge in [-0.25, -0.2) is 0 Å². The van der Waals surface area contributed by atoms with Crippen LogP contribution >= 0.6 is 0 Å². The summed E-state index contributed by atoms with van der Waals surface area (Å²) in [7, 11) is 0. The van der Waals surface area contributed by atoms with Crippen LogP contribution in [-0.2, 0) is 4.79 Å². The number of hydrogen-bond donors (Lipinski definition) is 0. The third kappa shape index (κ3) is 3.23. The maximum absolute atomic E-state index is 10.1. The van der Waals surface area contributed by atoms with Crippen LogP contribution in [0.25, 0.3) is 0 Å². The lowest BCUT2D eigenvalue weighted by Crippen LogP contribution is -1.90. The van der Waals surface area contributed by atoms with Gasteiger partial charge in [0, 0.05) is 0 Å². The van der Waals surface area contributed by atoms with Crippen molar-refractivity contribution in [1.29, 1.82) is 0 Å². The molecule has 56 valence electrons. The molecule has 0 atom stereocenters. The lowest BCUT2D eigenvalue weighted by Gasteiger charge is -2.02. The lowest BCUT2D eigenvalue weighted by atomic mass is 10.0. The van der Waals surface area contributed by atoms with Gasteiger partial charge in [0.2, 0.25) is 0 Å². The Bertz CT molecular complexity index is 152. The van der Waals surface area contributed by atoms with Crippen molar-refractivity contribution in [3.05, 3.63) is 23.8 Å². The van der Waals surface area contributed by atoms with Gasteiger partial charge in [0.15, 0.2) is 0 Å². The molecular weight excluding hydrogens is 124 g/mol. The van der Waals surface area contributed by atoms with Crippen LogP contribution in [0, 0.1) is 5.92 Å². The summed E-state index contributed by atoms with van der Waals surface area (Å²) in [6.07, 6.45) is 6.33. The van der Waals surface area contributed by atoms with Gasteiger partial charge in [-0.3, -0.25) is 4.79 Å². The summed E-state index contributed by atoms with van der Waals surface area (Å²) >= 11 is 0. The first kappa shape index (κ1) is 9.15. The number of carbonyl (C=O) groups is 1. The summed E-state index contributed by atoms with van der Waals surface area (Å²) in [6.45, 7) is 6.08. The van der Waals surface area contributed by atoms with Gasteiger partial charge < -0.3 is 0 Å². The zero-order chi connectivity index (χ0) is 7.98. The summed E-state index contributed by atoms with van der Waals surface area (Å²) in [5, 5.41) is 0. The Labute approximate surface area is 62.4 Å². The second-order valence-corrected chi connectivity index (χ2v) is 2.46. The zero-order valence-corrected chi connectivity index (χ0v) is 6.79. The summed E-state index contributed by atoms with van der Waals surface area (Å²) in [6, 6.07) is 0. The van der Waals surface area contributed by atoms with Crippen molar-refractivity contribution < 1.29 is 4.79 Å². The van der Waals surface area contributed by atoms with E-state index in [1.807, 2.05) is 19.1 Å². The molecule has 1 nitrogen and oxygen atoms in total. The minimum Gasteiger partial charge on any atom is -0.299 e. The van der Waals surface area contributed by atoms with E-state index in [2.05, 4.69) is 13.8 Å². The smallest absolute Gasteiger partial charge is 0.143 e. The van der Waals surface area contributed by atoms with Gasteiger partial charge in [-0.15, -0.1) is 0 Å². The topological polar surface area (TPSA) is 17.1 Å². The highest BCUT2D eigenvalue weighted by Gasteiger charge is 1.95. The predicted octanol–water partition coefficient (Wildman–Crippen LogP) is 2.34. The fourth-order valence-corrected chi connectivity index (χ4v) is 0.711. The second kappa shape index (κ2) is 4.98. The molecule has 0 saturated heterocycles. The molecule has 0 aliphatic heterocycles. The van der Waals surface area contributed by atoms with Crippen LogP contribution in [0.5, 0.6) is 0 Å². The molecule has 0 bridgehead atoms. The Morgan fingerprint density at radius 1 is 1.40 bits per heavy atom. The molecule has 1 heteroatoms. The Morgan fingerprint density at radius 3 is 2.30 bits per heavy atom. The number of aldehydes is 1. The van der Waals surface area contributed by atoms with E-state index >= 15 is 0 Å². The molecule has 0 radical (unpaired) electrons. The van der Waals surface area contributed by atoms with E-state index in [0.717, 1.165) is 11.9 Å². The molecular formula is C9H14O. The van der Waals surface area contributed by atoms with Crippen LogP contribution < -0.4 is 0 Å². The van der Waals surface area contributed by atoms with Crippen molar-refractivity contribution in [3.8, 4) is 0 Å². The van der Waals surface area contributed by atoms with Gasteiger partial charge in [-0.2, -0.15) is 0 Å². The third-order valence-corrected chi connectivity index (χ3v) is 1.29. The summed E-state index contributed by atoms with van der Waals surface area (Å²) < 4.78 is 0. The largest absolute Gasteiger partial charge is 0.299 e. The molecule has 0 amide bonds. The van der Waals surface area contributed by atoms with E-state index in [-0.39, 0.29) is 0 Å². The average molecular weight is 138 g/mol. The maximum Gasteiger partial charge on any atom is 0.143 e. The Hall–Kier alpha value is -0.850. The van der Waals surface area contributed by atoms with Crippen LogP contribution in [0.3, 0.4) is 0 Å². The van der Waals surface area contributed by atoms with Crippen LogP contribution in [0.4, 0.5) is 0 Å².